The van der Waals surface area contributed by atoms with Crippen LogP contribution in [0.2, 0.25) is 0 Å². The molecule has 1 aliphatic heterocycles. The molecule has 36 heavy (non-hydrogen) atoms. The van der Waals surface area contributed by atoms with E-state index in [-0.39, 0.29) is 35.7 Å². The van der Waals surface area contributed by atoms with Gasteiger partial charge in [-0.3, -0.25) is 9.59 Å². The first-order valence-corrected chi connectivity index (χ1v) is 11.7. The van der Waals surface area contributed by atoms with Crippen molar-refractivity contribution < 1.29 is 27.5 Å². The molecule has 2 aliphatic rings. The topological polar surface area (TPSA) is 76.5 Å². The Morgan fingerprint density at radius 3 is 2.28 bits per heavy atom. The zero-order chi connectivity index (χ0) is 25.7. The van der Waals surface area contributed by atoms with Crippen LogP contribution in [0.25, 0.3) is 5.69 Å². The molecule has 1 aliphatic carbocycles. The van der Waals surface area contributed by atoms with Gasteiger partial charge in [0.2, 0.25) is 5.91 Å². The minimum atomic E-state index is -4.69. The third-order valence-corrected chi connectivity index (χ3v) is 6.78. The van der Waals surface area contributed by atoms with Gasteiger partial charge in [0.25, 0.3) is 5.91 Å². The van der Waals surface area contributed by atoms with Crippen LogP contribution in [0, 0.1) is 0 Å². The number of carbonyl (C=O) groups is 2. The van der Waals surface area contributed by atoms with E-state index < -0.39 is 17.8 Å². The fourth-order valence-electron chi connectivity index (χ4n) is 4.67. The maximum absolute atomic E-state index is 13.8. The molecule has 3 aromatic rings. The Hall–Kier alpha value is -3.82. The fraction of sp³-hybridized carbons (Fsp3) is 0.346. The Balaban J connectivity index is 1.49. The third kappa shape index (κ3) is 4.10. The predicted molar refractivity (Wildman–Crippen MR) is 126 cm³/mol. The predicted octanol–water partition coefficient (Wildman–Crippen LogP) is 4.62. The zero-order valence-electron chi connectivity index (χ0n) is 19.9. The summed E-state index contributed by atoms with van der Waals surface area (Å²) in [5.74, 6) is -0.0433. The summed E-state index contributed by atoms with van der Waals surface area (Å²) in [6, 6.07) is 13.6. The second-order valence-electron chi connectivity index (χ2n) is 9.02. The Bertz CT molecular complexity index is 1310. The van der Waals surface area contributed by atoms with Crippen LogP contribution < -0.4 is 15.0 Å². The summed E-state index contributed by atoms with van der Waals surface area (Å²) in [5.41, 5.74) is 0.227. The first kappa shape index (κ1) is 23.9. The van der Waals surface area contributed by atoms with Crippen molar-refractivity contribution in [2.75, 3.05) is 18.6 Å². The van der Waals surface area contributed by atoms with E-state index in [0.717, 1.165) is 23.1 Å². The molecular formula is C26H25F3N4O3. The van der Waals surface area contributed by atoms with Crippen molar-refractivity contribution in [3.05, 3.63) is 71.0 Å². The minimum absolute atomic E-state index is 0.0182. The van der Waals surface area contributed by atoms with E-state index in [1.807, 2.05) is 12.1 Å². The average Bonchev–Trinajstić information content (AvgIpc) is 3.53. The number of amides is 2. The summed E-state index contributed by atoms with van der Waals surface area (Å²) >= 11 is 0. The second-order valence-corrected chi connectivity index (χ2v) is 9.02. The van der Waals surface area contributed by atoms with Gasteiger partial charge in [0.1, 0.15) is 11.4 Å². The van der Waals surface area contributed by atoms with E-state index in [9.17, 15) is 22.8 Å². The van der Waals surface area contributed by atoms with Crippen LogP contribution in [0.5, 0.6) is 5.75 Å². The molecule has 1 N–H and O–H groups in total. The fourth-order valence-corrected chi connectivity index (χ4v) is 4.67. The molecule has 0 bridgehead atoms. The van der Waals surface area contributed by atoms with Crippen LogP contribution in [0.15, 0.2) is 48.5 Å². The number of alkyl halides is 3. The van der Waals surface area contributed by atoms with E-state index >= 15 is 0 Å². The van der Waals surface area contributed by atoms with E-state index in [2.05, 4.69) is 10.4 Å². The third-order valence-electron chi connectivity index (χ3n) is 6.78. The highest BCUT2D eigenvalue weighted by atomic mass is 19.4. The van der Waals surface area contributed by atoms with Crippen LogP contribution in [0.1, 0.15) is 53.5 Å². The highest BCUT2D eigenvalue weighted by Gasteiger charge is 2.46. The van der Waals surface area contributed by atoms with Crippen molar-refractivity contribution in [2.24, 2.45) is 0 Å². The van der Waals surface area contributed by atoms with Gasteiger partial charge in [0, 0.05) is 24.2 Å². The van der Waals surface area contributed by atoms with E-state index in [1.54, 1.807) is 43.3 Å². The molecule has 1 saturated carbocycles. The number of fused-ring (bicyclic) bond motifs is 1. The number of rotatable bonds is 6. The number of nitrogens with one attached hydrogen (secondary N) is 1. The molecule has 0 radical (unpaired) electrons. The number of halogens is 3. The molecule has 2 heterocycles. The Kier molecular flexibility index (Phi) is 5.77. The normalized spacial score (nSPS) is 16.5. The molecule has 2 amide bonds. The Labute approximate surface area is 205 Å². The molecule has 0 spiro atoms. The maximum atomic E-state index is 13.8. The van der Waals surface area contributed by atoms with Gasteiger partial charge in [0.05, 0.1) is 18.3 Å². The summed E-state index contributed by atoms with van der Waals surface area (Å²) in [5, 5.41) is 6.88. The van der Waals surface area contributed by atoms with Gasteiger partial charge >= 0.3 is 6.18 Å². The number of methoxy groups -OCH3 is 1. The molecule has 10 heteroatoms. The lowest BCUT2D eigenvalue weighted by Crippen LogP contribution is -2.39. The Morgan fingerprint density at radius 2 is 1.72 bits per heavy atom. The van der Waals surface area contributed by atoms with Gasteiger partial charge in [0.15, 0.2) is 5.69 Å². The second kappa shape index (κ2) is 8.69. The lowest BCUT2D eigenvalue weighted by Gasteiger charge is -2.28. The Morgan fingerprint density at radius 1 is 1.08 bits per heavy atom. The average molecular weight is 499 g/mol. The van der Waals surface area contributed by atoms with Crippen LogP contribution in [-0.4, -0.2) is 35.2 Å². The monoisotopic (exact) mass is 498 g/mol. The first-order valence-electron chi connectivity index (χ1n) is 11.7. The number of benzene rings is 2. The number of hydrogen-bond acceptors (Lipinski definition) is 4. The van der Waals surface area contributed by atoms with Crippen molar-refractivity contribution in [3.8, 4) is 11.4 Å². The van der Waals surface area contributed by atoms with Gasteiger partial charge in [-0.2, -0.15) is 18.3 Å². The number of hydrogen-bond donors (Lipinski definition) is 1. The highest BCUT2D eigenvalue weighted by molar-refractivity contribution is 6.07. The van der Waals surface area contributed by atoms with Crippen molar-refractivity contribution >= 4 is 17.5 Å². The summed E-state index contributed by atoms with van der Waals surface area (Å²) in [4.78, 5) is 27.0. The van der Waals surface area contributed by atoms with Gasteiger partial charge in [-0.05, 0) is 61.2 Å². The number of nitrogens with zero attached hydrogens (tertiary/aromatic N) is 3. The summed E-state index contributed by atoms with van der Waals surface area (Å²) in [6.07, 6.45) is -2.60. The van der Waals surface area contributed by atoms with Crippen molar-refractivity contribution in [3.63, 3.8) is 0 Å². The van der Waals surface area contributed by atoms with Gasteiger partial charge in [-0.25, -0.2) is 4.68 Å². The number of anilines is 1. The van der Waals surface area contributed by atoms with Crippen LogP contribution >= 0.6 is 0 Å². The minimum Gasteiger partial charge on any atom is -0.497 e. The summed E-state index contributed by atoms with van der Waals surface area (Å²) < 4.78 is 47.6. The molecule has 5 rings (SSSR count). The van der Waals surface area contributed by atoms with Gasteiger partial charge in [-0.15, -0.1) is 0 Å². The van der Waals surface area contributed by atoms with E-state index in [4.69, 9.17) is 4.74 Å². The lowest BCUT2D eigenvalue weighted by molar-refractivity contribution is -0.142. The summed E-state index contributed by atoms with van der Waals surface area (Å²) in [6.45, 7) is 1.89. The van der Waals surface area contributed by atoms with Crippen molar-refractivity contribution in [1.82, 2.24) is 15.1 Å². The maximum Gasteiger partial charge on any atom is 0.435 e. The molecule has 0 unspecified atom stereocenters. The number of carbonyl (C=O) groups excluding carboxylic acids is 2. The van der Waals surface area contributed by atoms with E-state index in [0.29, 0.717) is 23.5 Å². The standard InChI is InChI=1S/C26H25F3N4O3/c1-3-21(34)30-25(13-14-25)16-4-6-17(7-5-16)32-15-12-20-22(24(32)35)33(31-23(20)26(27,28)29)18-8-10-19(36-2)11-9-18/h4-11H,3,12-15H2,1-2H3,(H,30,34). The molecule has 7 nitrogen and oxygen atoms in total. The summed E-state index contributed by atoms with van der Waals surface area (Å²) in [7, 11) is 1.49. The largest absolute Gasteiger partial charge is 0.497 e. The van der Waals surface area contributed by atoms with Crippen molar-refractivity contribution in [1.29, 1.82) is 0 Å². The molecule has 0 atom stereocenters. The molecule has 0 saturated heterocycles. The van der Waals surface area contributed by atoms with Gasteiger partial charge < -0.3 is 15.0 Å². The molecule has 2 aromatic carbocycles. The van der Waals surface area contributed by atoms with Crippen LogP contribution in [0.4, 0.5) is 18.9 Å². The lowest BCUT2D eigenvalue weighted by atomic mass is 10.0. The SMILES string of the molecule is CCC(=O)NC1(c2ccc(N3CCc4c(C(F)(F)F)nn(-c5ccc(OC)cc5)c4C3=O)cc2)CC1. The van der Waals surface area contributed by atoms with Gasteiger partial charge in [-0.1, -0.05) is 19.1 Å². The first-order chi connectivity index (χ1) is 17.2. The zero-order valence-corrected chi connectivity index (χ0v) is 19.9. The number of aromatic nitrogens is 2. The van der Waals surface area contributed by atoms with Crippen LogP contribution in [-0.2, 0) is 22.9 Å². The van der Waals surface area contributed by atoms with E-state index in [1.165, 1.54) is 12.0 Å². The molecular weight excluding hydrogens is 473 g/mol. The highest BCUT2D eigenvalue weighted by Crippen LogP contribution is 2.46. The number of ether oxygens (including phenoxy) is 1. The quantitative estimate of drug-likeness (QED) is 0.538. The smallest absolute Gasteiger partial charge is 0.435 e. The molecule has 1 aromatic heterocycles. The van der Waals surface area contributed by atoms with Crippen LogP contribution in [0.3, 0.4) is 0 Å². The van der Waals surface area contributed by atoms with Crippen molar-refractivity contribution in [2.45, 2.75) is 44.3 Å². The molecule has 1 fully saturated rings. The molecule has 188 valence electrons.